The highest BCUT2D eigenvalue weighted by Crippen LogP contribution is 2.28. The van der Waals surface area contributed by atoms with Crippen molar-refractivity contribution in [3.8, 4) is 0 Å². The summed E-state index contributed by atoms with van der Waals surface area (Å²) in [4.78, 5) is 6.98. The first-order valence-electron chi connectivity index (χ1n) is 6.86. The number of aliphatic hydroxyl groups is 1. The summed E-state index contributed by atoms with van der Waals surface area (Å²) in [6.45, 7) is 5.40. The van der Waals surface area contributed by atoms with Crippen molar-refractivity contribution in [2.45, 2.75) is 51.7 Å². The van der Waals surface area contributed by atoms with Crippen molar-refractivity contribution in [1.82, 2.24) is 9.88 Å². The fourth-order valence-corrected chi connectivity index (χ4v) is 3.56. The number of aryl methyl sites for hydroxylation is 1. The van der Waals surface area contributed by atoms with Gasteiger partial charge < -0.3 is 5.11 Å². The van der Waals surface area contributed by atoms with Crippen LogP contribution >= 0.6 is 11.3 Å². The molecule has 102 valence electrons. The molecule has 18 heavy (non-hydrogen) atoms. The normalized spacial score (nSPS) is 26.5. The predicted octanol–water partition coefficient (Wildman–Crippen LogP) is 3.00. The summed E-state index contributed by atoms with van der Waals surface area (Å²) in [7, 11) is 2.19. The van der Waals surface area contributed by atoms with Crippen LogP contribution in [-0.2, 0) is 0 Å². The van der Waals surface area contributed by atoms with Crippen LogP contribution in [-0.4, -0.2) is 34.7 Å². The molecule has 2 rings (SSSR count). The average Bonchev–Trinajstić information content (AvgIpc) is 2.78. The molecule has 0 unspecified atom stereocenters. The van der Waals surface area contributed by atoms with E-state index in [2.05, 4.69) is 36.2 Å². The molecule has 0 saturated heterocycles. The molecule has 1 aliphatic carbocycles. The highest BCUT2D eigenvalue weighted by atomic mass is 32.1. The molecule has 0 aromatic carbocycles. The zero-order valence-electron chi connectivity index (χ0n) is 11.6. The Morgan fingerprint density at radius 2 is 2.11 bits per heavy atom. The largest absolute Gasteiger partial charge is 0.393 e. The summed E-state index contributed by atoms with van der Waals surface area (Å²) in [5, 5.41) is 12.9. The van der Waals surface area contributed by atoms with Gasteiger partial charge >= 0.3 is 0 Å². The van der Waals surface area contributed by atoms with Crippen LogP contribution in [0.2, 0.25) is 0 Å². The van der Waals surface area contributed by atoms with E-state index in [9.17, 15) is 5.11 Å². The fraction of sp³-hybridized carbons (Fsp3) is 0.786. The van der Waals surface area contributed by atoms with E-state index >= 15 is 0 Å². The lowest BCUT2D eigenvalue weighted by atomic mass is 9.87. The van der Waals surface area contributed by atoms with E-state index in [0.29, 0.717) is 6.04 Å². The second kappa shape index (κ2) is 6.13. The molecule has 1 atom stereocenters. The fourth-order valence-electron chi connectivity index (χ4n) is 2.65. The minimum atomic E-state index is -0.0504. The number of hydrogen-bond acceptors (Lipinski definition) is 4. The van der Waals surface area contributed by atoms with Crippen molar-refractivity contribution in [2.75, 3.05) is 13.6 Å². The Hall–Kier alpha value is -0.450. The van der Waals surface area contributed by atoms with Gasteiger partial charge in [0.2, 0.25) is 0 Å². The summed E-state index contributed by atoms with van der Waals surface area (Å²) in [5.74, 6) is 0.738. The highest BCUT2D eigenvalue weighted by Gasteiger charge is 2.23. The van der Waals surface area contributed by atoms with Gasteiger partial charge in [0.25, 0.3) is 0 Å². The standard InChI is InChI=1S/C14H24N2OS/c1-10-9-18-14(15-10)11(2)16(3)8-12-4-6-13(17)7-5-12/h9,11-13,17H,4-8H2,1-3H3/t11-,12?,13?/m0/s1. The minimum Gasteiger partial charge on any atom is -0.393 e. The molecule has 0 spiro atoms. The third-order valence-corrected chi connectivity index (χ3v) is 5.15. The van der Waals surface area contributed by atoms with E-state index in [-0.39, 0.29) is 6.10 Å². The quantitative estimate of drug-likeness (QED) is 0.912. The number of rotatable bonds is 4. The monoisotopic (exact) mass is 268 g/mol. The van der Waals surface area contributed by atoms with Crippen molar-refractivity contribution in [2.24, 2.45) is 5.92 Å². The van der Waals surface area contributed by atoms with E-state index in [4.69, 9.17) is 0 Å². The molecule has 0 bridgehead atoms. The van der Waals surface area contributed by atoms with Crippen LogP contribution in [0.4, 0.5) is 0 Å². The molecule has 1 aromatic heterocycles. The maximum atomic E-state index is 9.53. The number of aliphatic hydroxyl groups excluding tert-OH is 1. The van der Waals surface area contributed by atoms with Crippen molar-refractivity contribution in [1.29, 1.82) is 0 Å². The van der Waals surface area contributed by atoms with Crippen LogP contribution in [0.5, 0.6) is 0 Å². The summed E-state index contributed by atoms with van der Waals surface area (Å²) in [6, 6.07) is 0.399. The van der Waals surface area contributed by atoms with Gasteiger partial charge in [-0.2, -0.15) is 0 Å². The maximum absolute atomic E-state index is 9.53. The van der Waals surface area contributed by atoms with Crippen LogP contribution in [0, 0.1) is 12.8 Å². The Balaban J connectivity index is 1.85. The third kappa shape index (κ3) is 3.53. The Morgan fingerprint density at radius 1 is 1.44 bits per heavy atom. The lowest BCUT2D eigenvalue weighted by molar-refractivity contribution is 0.0922. The lowest BCUT2D eigenvalue weighted by Gasteiger charge is -2.31. The summed E-state index contributed by atoms with van der Waals surface area (Å²) >= 11 is 1.76. The van der Waals surface area contributed by atoms with Crippen LogP contribution in [0.1, 0.15) is 49.4 Å². The van der Waals surface area contributed by atoms with Gasteiger partial charge in [-0.25, -0.2) is 4.98 Å². The maximum Gasteiger partial charge on any atom is 0.110 e. The molecular weight excluding hydrogens is 244 g/mol. The molecular formula is C14H24N2OS. The van der Waals surface area contributed by atoms with E-state index in [0.717, 1.165) is 43.8 Å². The molecule has 0 radical (unpaired) electrons. The molecule has 0 aliphatic heterocycles. The second-order valence-electron chi connectivity index (χ2n) is 5.62. The van der Waals surface area contributed by atoms with Crippen LogP contribution in [0.15, 0.2) is 5.38 Å². The van der Waals surface area contributed by atoms with E-state index < -0.39 is 0 Å². The van der Waals surface area contributed by atoms with Crippen molar-refractivity contribution in [3.63, 3.8) is 0 Å². The first-order chi connectivity index (χ1) is 8.56. The van der Waals surface area contributed by atoms with E-state index in [1.54, 1.807) is 11.3 Å². The van der Waals surface area contributed by atoms with Gasteiger partial charge in [0.15, 0.2) is 0 Å². The average molecular weight is 268 g/mol. The molecule has 3 nitrogen and oxygen atoms in total. The molecule has 1 fully saturated rings. The Bertz CT molecular complexity index is 372. The molecule has 4 heteroatoms. The molecule has 1 aliphatic rings. The Kier molecular flexibility index (Phi) is 4.76. The zero-order valence-corrected chi connectivity index (χ0v) is 12.4. The van der Waals surface area contributed by atoms with Gasteiger partial charge in [-0.15, -0.1) is 11.3 Å². The molecule has 1 heterocycles. The van der Waals surface area contributed by atoms with Gasteiger partial charge in [-0.1, -0.05) is 0 Å². The number of thiazole rings is 1. The molecule has 1 aromatic rings. The lowest BCUT2D eigenvalue weighted by Crippen LogP contribution is -2.31. The van der Waals surface area contributed by atoms with E-state index in [1.165, 1.54) is 5.01 Å². The van der Waals surface area contributed by atoms with Gasteiger partial charge in [-0.3, -0.25) is 4.90 Å². The van der Waals surface area contributed by atoms with Gasteiger partial charge in [0.1, 0.15) is 5.01 Å². The van der Waals surface area contributed by atoms with Gasteiger partial charge in [-0.05, 0) is 52.5 Å². The smallest absolute Gasteiger partial charge is 0.110 e. The minimum absolute atomic E-state index is 0.0504. The summed E-state index contributed by atoms with van der Waals surface area (Å²) in [5.41, 5.74) is 1.12. The van der Waals surface area contributed by atoms with Crippen LogP contribution in [0.25, 0.3) is 0 Å². The van der Waals surface area contributed by atoms with Crippen molar-refractivity contribution in [3.05, 3.63) is 16.1 Å². The molecule has 0 amide bonds. The summed E-state index contributed by atoms with van der Waals surface area (Å²) in [6.07, 6.45) is 4.22. The van der Waals surface area contributed by atoms with Gasteiger partial charge in [0.05, 0.1) is 12.1 Å². The van der Waals surface area contributed by atoms with E-state index in [1.807, 2.05) is 0 Å². The first kappa shape index (κ1) is 14.0. The molecule has 1 saturated carbocycles. The SMILES string of the molecule is Cc1csc([C@H](C)N(C)CC2CCC(O)CC2)n1. The number of nitrogens with zero attached hydrogens (tertiary/aromatic N) is 2. The Labute approximate surface area is 114 Å². The third-order valence-electron chi connectivity index (χ3n) is 4.02. The van der Waals surface area contributed by atoms with Crippen LogP contribution < -0.4 is 0 Å². The number of aromatic nitrogens is 1. The Morgan fingerprint density at radius 3 is 2.67 bits per heavy atom. The summed E-state index contributed by atoms with van der Waals surface area (Å²) < 4.78 is 0. The first-order valence-corrected chi connectivity index (χ1v) is 7.74. The second-order valence-corrected chi connectivity index (χ2v) is 6.51. The topological polar surface area (TPSA) is 36.4 Å². The van der Waals surface area contributed by atoms with Crippen molar-refractivity contribution >= 4 is 11.3 Å². The molecule has 1 N–H and O–H groups in total. The van der Waals surface area contributed by atoms with Crippen molar-refractivity contribution < 1.29 is 5.11 Å². The predicted molar refractivity (Wildman–Crippen MR) is 75.9 cm³/mol. The zero-order chi connectivity index (χ0) is 13.1. The van der Waals surface area contributed by atoms with Crippen LogP contribution in [0.3, 0.4) is 0 Å². The number of hydrogen-bond donors (Lipinski definition) is 1. The highest BCUT2D eigenvalue weighted by molar-refractivity contribution is 7.09. The van der Waals surface area contributed by atoms with Gasteiger partial charge in [0, 0.05) is 17.6 Å².